The molecule has 0 rings (SSSR count). The van der Waals surface area contributed by atoms with Crippen molar-refractivity contribution < 1.29 is 0 Å². The van der Waals surface area contributed by atoms with Crippen molar-refractivity contribution in [1.29, 1.82) is 0 Å². The molecule has 0 N–H and O–H groups in total. The molecular formula is C24H53P. The molecule has 0 saturated heterocycles. The molecule has 0 heterocycles. The molecule has 0 spiro atoms. The average molecular weight is 373 g/mol. The fraction of sp³-hybridized carbons (Fsp3) is 1.00. The van der Waals surface area contributed by atoms with Gasteiger partial charge < -0.3 is 0 Å². The molecule has 154 valence electrons. The summed E-state index contributed by atoms with van der Waals surface area (Å²) in [5.41, 5.74) is 0. The van der Waals surface area contributed by atoms with Crippen LogP contribution in [0.25, 0.3) is 0 Å². The zero-order valence-electron chi connectivity index (χ0n) is 19.0. The second-order valence-electron chi connectivity index (χ2n) is 9.73. The zero-order valence-corrected chi connectivity index (χ0v) is 20.0. The first kappa shape index (κ1) is 25.4. The second-order valence-corrected chi connectivity index (χ2v) is 14.5. The molecule has 0 unspecified atom stereocenters. The van der Waals surface area contributed by atoms with Crippen molar-refractivity contribution in [2.24, 2.45) is 11.8 Å². The van der Waals surface area contributed by atoms with Gasteiger partial charge >= 0.3 is 162 Å². The van der Waals surface area contributed by atoms with E-state index in [-0.39, 0.29) is 0 Å². The van der Waals surface area contributed by atoms with E-state index < -0.39 is 7.26 Å². The SMILES string of the molecule is CCCCCCCC[PH](CCCCCCCC)(CC(C)C)CC(C)C. The van der Waals surface area contributed by atoms with Crippen LogP contribution in [0.4, 0.5) is 0 Å². The van der Waals surface area contributed by atoms with Crippen molar-refractivity contribution in [3.8, 4) is 0 Å². The number of hydrogen-bond acceptors (Lipinski definition) is 0. The maximum absolute atomic E-state index is 2.48. The van der Waals surface area contributed by atoms with E-state index in [0.29, 0.717) is 0 Å². The van der Waals surface area contributed by atoms with Gasteiger partial charge in [-0.3, -0.25) is 0 Å². The summed E-state index contributed by atoms with van der Waals surface area (Å²) in [4.78, 5) is 0. The fourth-order valence-electron chi connectivity index (χ4n) is 4.91. The van der Waals surface area contributed by atoms with Crippen LogP contribution in [0, 0.1) is 11.8 Å². The Morgan fingerprint density at radius 2 is 0.800 bits per heavy atom. The molecule has 0 saturated carbocycles. The van der Waals surface area contributed by atoms with Gasteiger partial charge in [-0.15, -0.1) is 0 Å². The number of rotatable bonds is 18. The predicted molar refractivity (Wildman–Crippen MR) is 124 cm³/mol. The molecule has 0 aromatic carbocycles. The van der Waals surface area contributed by atoms with Crippen molar-refractivity contribution in [1.82, 2.24) is 0 Å². The van der Waals surface area contributed by atoms with Gasteiger partial charge in [-0.25, -0.2) is 0 Å². The molecular weight excluding hydrogens is 319 g/mol. The minimum absolute atomic E-state index is 0.908. The first-order valence-corrected chi connectivity index (χ1v) is 14.8. The monoisotopic (exact) mass is 372 g/mol. The summed E-state index contributed by atoms with van der Waals surface area (Å²) in [6.07, 6.45) is 24.1. The van der Waals surface area contributed by atoms with Crippen molar-refractivity contribution in [2.75, 3.05) is 24.6 Å². The summed E-state index contributed by atoms with van der Waals surface area (Å²) in [5.74, 6) is 1.82. The second kappa shape index (κ2) is 16.6. The average Bonchev–Trinajstić information content (AvgIpc) is 2.53. The molecule has 0 aliphatic carbocycles. The van der Waals surface area contributed by atoms with Gasteiger partial charge in [-0.1, -0.05) is 0 Å². The first-order valence-electron chi connectivity index (χ1n) is 12.0. The summed E-state index contributed by atoms with van der Waals surface area (Å²) in [6.45, 7) is 14.6. The van der Waals surface area contributed by atoms with E-state index in [9.17, 15) is 0 Å². The van der Waals surface area contributed by atoms with Gasteiger partial charge in [-0.2, -0.15) is 0 Å². The van der Waals surface area contributed by atoms with E-state index >= 15 is 0 Å². The minimum atomic E-state index is -1.06. The molecule has 0 aliphatic rings. The Bertz CT molecular complexity index is 241. The fourth-order valence-corrected chi connectivity index (χ4v) is 11.6. The van der Waals surface area contributed by atoms with Crippen molar-refractivity contribution in [3.63, 3.8) is 0 Å². The Kier molecular flexibility index (Phi) is 16.9. The maximum atomic E-state index is 2.48. The number of hydrogen-bond donors (Lipinski definition) is 0. The Hall–Kier alpha value is 0.430. The van der Waals surface area contributed by atoms with Gasteiger partial charge in [0.25, 0.3) is 0 Å². The quantitative estimate of drug-likeness (QED) is 0.166. The van der Waals surface area contributed by atoms with Gasteiger partial charge in [-0.05, 0) is 0 Å². The summed E-state index contributed by atoms with van der Waals surface area (Å²) in [6, 6.07) is 0. The third kappa shape index (κ3) is 15.2. The molecule has 25 heavy (non-hydrogen) atoms. The van der Waals surface area contributed by atoms with E-state index in [0.717, 1.165) is 11.8 Å². The Morgan fingerprint density at radius 3 is 1.12 bits per heavy atom. The topological polar surface area (TPSA) is 0 Å². The van der Waals surface area contributed by atoms with Crippen LogP contribution in [-0.2, 0) is 0 Å². The van der Waals surface area contributed by atoms with E-state index in [4.69, 9.17) is 0 Å². The molecule has 0 fully saturated rings. The summed E-state index contributed by atoms with van der Waals surface area (Å²) in [7, 11) is -1.06. The van der Waals surface area contributed by atoms with Crippen LogP contribution < -0.4 is 0 Å². The summed E-state index contributed by atoms with van der Waals surface area (Å²) < 4.78 is 0. The molecule has 0 aliphatic heterocycles. The third-order valence-corrected chi connectivity index (χ3v) is 12.0. The predicted octanol–water partition coefficient (Wildman–Crippen LogP) is 8.77. The number of unbranched alkanes of at least 4 members (excludes halogenated alkanes) is 10. The van der Waals surface area contributed by atoms with Gasteiger partial charge in [0.2, 0.25) is 0 Å². The van der Waals surface area contributed by atoms with Crippen LogP contribution in [0.1, 0.15) is 119 Å². The molecule has 0 aromatic heterocycles. The van der Waals surface area contributed by atoms with E-state index in [1.54, 1.807) is 24.6 Å². The first-order chi connectivity index (χ1) is 12.0. The van der Waals surface area contributed by atoms with Crippen LogP contribution in [0.5, 0.6) is 0 Å². The van der Waals surface area contributed by atoms with Gasteiger partial charge in [0, 0.05) is 0 Å². The molecule has 0 nitrogen and oxygen atoms in total. The normalized spacial score (nSPS) is 13.1. The summed E-state index contributed by atoms with van der Waals surface area (Å²) in [5, 5.41) is 0. The van der Waals surface area contributed by atoms with Gasteiger partial charge in [0.1, 0.15) is 0 Å². The molecule has 0 atom stereocenters. The van der Waals surface area contributed by atoms with Crippen LogP contribution in [0.3, 0.4) is 0 Å². The van der Waals surface area contributed by atoms with Crippen LogP contribution in [0.15, 0.2) is 0 Å². The van der Waals surface area contributed by atoms with Crippen LogP contribution in [-0.4, -0.2) is 24.6 Å². The Morgan fingerprint density at radius 1 is 0.480 bits per heavy atom. The van der Waals surface area contributed by atoms with Crippen LogP contribution >= 0.6 is 7.26 Å². The molecule has 0 aromatic rings. The van der Waals surface area contributed by atoms with E-state index in [1.807, 2.05) is 0 Å². The van der Waals surface area contributed by atoms with Gasteiger partial charge in [0.05, 0.1) is 0 Å². The van der Waals surface area contributed by atoms with E-state index in [2.05, 4.69) is 41.5 Å². The molecule has 0 amide bonds. The standard InChI is InChI=1S/C24H53P/c1-7-9-11-13-15-17-19-25(21-23(3)4,22-24(5)6)20-18-16-14-12-10-8-2/h23-25H,7-22H2,1-6H3. The molecule has 1 heteroatoms. The zero-order chi connectivity index (χ0) is 19.0. The Labute approximate surface area is 162 Å². The molecule has 0 radical (unpaired) electrons. The van der Waals surface area contributed by atoms with Crippen molar-refractivity contribution in [3.05, 3.63) is 0 Å². The van der Waals surface area contributed by atoms with Crippen molar-refractivity contribution in [2.45, 2.75) is 119 Å². The van der Waals surface area contributed by atoms with E-state index in [1.165, 1.54) is 77.0 Å². The Balaban J connectivity index is 4.47. The molecule has 0 bridgehead atoms. The van der Waals surface area contributed by atoms with Crippen LogP contribution in [0.2, 0.25) is 0 Å². The third-order valence-electron chi connectivity index (χ3n) is 5.80. The van der Waals surface area contributed by atoms with Gasteiger partial charge in [0.15, 0.2) is 0 Å². The van der Waals surface area contributed by atoms with Crippen molar-refractivity contribution >= 4 is 7.26 Å². The summed E-state index contributed by atoms with van der Waals surface area (Å²) >= 11 is 0.